The predicted octanol–water partition coefficient (Wildman–Crippen LogP) is 2.45. The van der Waals surface area contributed by atoms with Gasteiger partial charge in [0.15, 0.2) is 6.17 Å². The molecule has 0 N–H and O–H groups in total. The fourth-order valence-electron chi connectivity index (χ4n) is 0.344. The topological polar surface area (TPSA) is 0 Å². The highest BCUT2D eigenvalue weighted by atomic mass is 19.3. The summed E-state index contributed by atoms with van der Waals surface area (Å²) in [6, 6.07) is 0. The molecular formula is C5H6F5. The second-order valence-electron chi connectivity index (χ2n) is 1.74. The van der Waals surface area contributed by atoms with E-state index in [4.69, 9.17) is 0 Å². The first kappa shape index (κ1) is 9.65. The van der Waals surface area contributed by atoms with Crippen LogP contribution >= 0.6 is 0 Å². The first-order chi connectivity index (χ1) is 4.54. The maximum atomic E-state index is 11.9. The standard InChI is InChI=1S/C5H6F5/c6-2-1-5(9,10)4(8)3-7/h2,4H,1,3H2. The van der Waals surface area contributed by atoms with Crippen molar-refractivity contribution < 1.29 is 22.0 Å². The molecule has 0 fully saturated rings. The van der Waals surface area contributed by atoms with Crippen LogP contribution in [-0.2, 0) is 0 Å². The fourth-order valence-corrected chi connectivity index (χ4v) is 0.344. The Morgan fingerprint density at radius 1 is 1.40 bits per heavy atom. The Labute approximate surface area is 55.0 Å². The number of halogens is 5. The van der Waals surface area contributed by atoms with E-state index >= 15 is 0 Å². The van der Waals surface area contributed by atoms with Crippen LogP contribution in [0.5, 0.6) is 0 Å². The van der Waals surface area contributed by atoms with Crippen molar-refractivity contribution in [1.82, 2.24) is 0 Å². The number of hydrogen-bond donors (Lipinski definition) is 0. The van der Waals surface area contributed by atoms with E-state index < -0.39 is 25.2 Å². The third-order valence-electron chi connectivity index (χ3n) is 0.943. The van der Waals surface area contributed by atoms with E-state index in [0.29, 0.717) is 0 Å². The highest BCUT2D eigenvalue weighted by Gasteiger charge is 2.39. The highest BCUT2D eigenvalue weighted by molar-refractivity contribution is 4.78. The summed E-state index contributed by atoms with van der Waals surface area (Å²) in [7, 11) is 0. The molecule has 1 atom stereocenters. The van der Waals surface area contributed by atoms with Crippen molar-refractivity contribution in [1.29, 1.82) is 0 Å². The first-order valence-corrected chi connectivity index (χ1v) is 2.54. The molecule has 0 amide bonds. The predicted molar refractivity (Wildman–Crippen MR) is 25.8 cm³/mol. The normalized spacial score (nSPS) is 15.3. The maximum absolute atomic E-state index is 11.9. The van der Waals surface area contributed by atoms with E-state index in [1.807, 2.05) is 0 Å². The molecule has 0 spiro atoms. The lowest BCUT2D eigenvalue weighted by molar-refractivity contribution is -0.0821. The molecule has 0 aliphatic rings. The van der Waals surface area contributed by atoms with Crippen molar-refractivity contribution in [3.8, 4) is 0 Å². The van der Waals surface area contributed by atoms with Crippen LogP contribution in [0.2, 0.25) is 0 Å². The molecule has 1 unspecified atom stereocenters. The molecule has 0 heterocycles. The van der Waals surface area contributed by atoms with Crippen molar-refractivity contribution in [2.75, 3.05) is 6.67 Å². The van der Waals surface area contributed by atoms with Gasteiger partial charge in [0, 0.05) is 6.42 Å². The molecule has 0 aliphatic carbocycles. The Balaban J connectivity index is 3.82. The number of rotatable bonds is 4. The Hall–Kier alpha value is -0.350. The minimum Gasteiger partial charge on any atom is -0.248 e. The van der Waals surface area contributed by atoms with E-state index in [2.05, 4.69) is 0 Å². The Morgan fingerprint density at radius 3 is 2.20 bits per heavy atom. The minimum absolute atomic E-state index is 0.387. The lowest BCUT2D eigenvalue weighted by Gasteiger charge is -2.15. The summed E-state index contributed by atoms with van der Waals surface area (Å²) in [5.74, 6) is -3.91. The molecule has 5 heteroatoms. The molecule has 0 aromatic heterocycles. The Morgan fingerprint density at radius 2 is 1.90 bits per heavy atom. The molecule has 10 heavy (non-hydrogen) atoms. The van der Waals surface area contributed by atoms with Gasteiger partial charge in [-0.3, -0.25) is 0 Å². The van der Waals surface area contributed by atoms with Gasteiger partial charge in [0.2, 0.25) is 0 Å². The summed E-state index contributed by atoms with van der Waals surface area (Å²) in [5, 5.41) is 0. The Bertz CT molecular complexity index is 92.0. The van der Waals surface area contributed by atoms with Crippen LogP contribution in [0.15, 0.2) is 0 Å². The van der Waals surface area contributed by atoms with Gasteiger partial charge in [-0.1, -0.05) is 0 Å². The third kappa shape index (κ3) is 2.49. The van der Waals surface area contributed by atoms with Crippen LogP contribution in [0.1, 0.15) is 6.42 Å². The molecule has 0 rings (SSSR count). The summed E-state index contributed by atoms with van der Waals surface area (Å²) >= 11 is 0. The van der Waals surface area contributed by atoms with Crippen LogP contribution in [-0.4, -0.2) is 18.8 Å². The lowest BCUT2D eigenvalue weighted by atomic mass is 10.2. The highest BCUT2D eigenvalue weighted by Crippen LogP contribution is 2.27. The molecule has 0 saturated heterocycles. The monoisotopic (exact) mass is 161 g/mol. The van der Waals surface area contributed by atoms with Crippen LogP contribution in [0.25, 0.3) is 0 Å². The summed E-state index contributed by atoms with van der Waals surface area (Å²) in [4.78, 5) is 0. The molecule has 0 saturated carbocycles. The van der Waals surface area contributed by atoms with E-state index in [1.54, 1.807) is 0 Å². The van der Waals surface area contributed by atoms with Gasteiger partial charge < -0.3 is 0 Å². The average molecular weight is 161 g/mol. The zero-order valence-electron chi connectivity index (χ0n) is 4.96. The Kier molecular flexibility index (Phi) is 3.60. The molecule has 61 valence electrons. The van der Waals surface area contributed by atoms with Gasteiger partial charge in [-0.2, -0.15) is 0 Å². The van der Waals surface area contributed by atoms with Crippen LogP contribution in [0, 0.1) is 6.67 Å². The zero-order chi connectivity index (χ0) is 8.20. The van der Waals surface area contributed by atoms with Gasteiger partial charge >= 0.3 is 0 Å². The summed E-state index contributed by atoms with van der Waals surface area (Å²) in [5.41, 5.74) is 0. The number of alkyl halides is 4. The lowest BCUT2D eigenvalue weighted by Crippen LogP contribution is -2.31. The second-order valence-corrected chi connectivity index (χ2v) is 1.74. The second kappa shape index (κ2) is 3.73. The van der Waals surface area contributed by atoms with Gasteiger partial charge in [0.25, 0.3) is 5.92 Å². The molecule has 1 radical (unpaired) electrons. The van der Waals surface area contributed by atoms with Crippen molar-refractivity contribution in [2.45, 2.75) is 18.5 Å². The molecule has 0 bridgehead atoms. The van der Waals surface area contributed by atoms with Gasteiger partial charge in [0.05, 0.1) is 0 Å². The van der Waals surface area contributed by atoms with Crippen LogP contribution in [0.4, 0.5) is 22.0 Å². The van der Waals surface area contributed by atoms with Gasteiger partial charge in [-0.15, -0.1) is 0 Å². The molecule has 0 aliphatic heterocycles. The molecule has 0 aromatic carbocycles. The SMILES string of the molecule is F[CH]CC(F)(F)C(F)CF. The smallest absolute Gasteiger partial charge is 0.248 e. The van der Waals surface area contributed by atoms with Gasteiger partial charge in [-0.25, -0.2) is 22.0 Å². The van der Waals surface area contributed by atoms with Gasteiger partial charge in [-0.05, 0) is 0 Å². The van der Waals surface area contributed by atoms with E-state index in [1.165, 1.54) is 0 Å². The summed E-state index contributed by atoms with van der Waals surface area (Å²) in [6.45, 7) is -2.18. The third-order valence-corrected chi connectivity index (χ3v) is 0.943. The quantitative estimate of drug-likeness (QED) is 0.555. The maximum Gasteiger partial charge on any atom is 0.284 e. The van der Waals surface area contributed by atoms with Gasteiger partial charge in [0.1, 0.15) is 13.3 Å². The van der Waals surface area contributed by atoms with Crippen LogP contribution in [0.3, 0.4) is 0 Å². The molecular weight excluding hydrogens is 155 g/mol. The van der Waals surface area contributed by atoms with Crippen molar-refractivity contribution >= 4 is 0 Å². The summed E-state index contributed by atoms with van der Waals surface area (Å²) in [6.07, 6.45) is -4.28. The van der Waals surface area contributed by atoms with E-state index in [0.717, 1.165) is 0 Å². The van der Waals surface area contributed by atoms with Crippen molar-refractivity contribution in [3.63, 3.8) is 0 Å². The molecule has 0 aromatic rings. The van der Waals surface area contributed by atoms with Crippen molar-refractivity contribution in [2.24, 2.45) is 0 Å². The van der Waals surface area contributed by atoms with Crippen molar-refractivity contribution in [3.05, 3.63) is 6.67 Å². The largest absolute Gasteiger partial charge is 0.284 e. The zero-order valence-corrected chi connectivity index (χ0v) is 4.96. The fraction of sp³-hybridized carbons (Fsp3) is 0.800. The first-order valence-electron chi connectivity index (χ1n) is 2.54. The van der Waals surface area contributed by atoms with Crippen LogP contribution < -0.4 is 0 Å². The minimum atomic E-state index is -3.91. The summed E-state index contributed by atoms with van der Waals surface area (Å²) < 4.78 is 58.0. The van der Waals surface area contributed by atoms with E-state index in [9.17, 15) is 22.0 Å². The molecule has 0 nitrogen and oxygen atoms in total. The average Bonchev–Trinajstić information content (AvgIpc) is 1.86. The number of hydrogen-bond acceptors (Lipinski definition) is 0. The van der Waals surface area contributed by atoms with E-state index in [-0.39, 0.29) is 6.67 Å².